The predicted molar refractivity (Wildman–Crippen MR) is 142 cm³/mol. The average molecular weight is 535 g/mol. The second-order valence-electron chi connectivity index (χ2n) is 11.5. The van der Waals surface area contributed by atoms with E-state index in [0.717, 1.165) is 55.5 Å². The summed E-state index contributed by atoms with van der Waals surface area (Å²) in [5.74, 6) is 0.994. The number of hydrogen-bond acceptors (Lipinski definition) is 7. The molecule has 3 heterocycles. The van der Waals surface area contributed by atoms with Gasteiger partial charge in [0.1, 0.15) is 11.4 Å². The molecule has 0 spiro atoms. The number of esters is 1. The number of aliphatic hydroxyl groups excluding tert-OH is 1. The number of aryl methyl sites for hydroxylation is 3. The summed E-state index contributed by atoms with van der Waals surface area (Å²) < 4.78 is 28.2. The van der Waals surface area contributed by atoms with E-state index >= 15 is 0 Å². The molecule has 8 nitrogen and oxygen atoms in total. The van der Waals surface area contributed by atoms with E-state index < -0.39 is 11.6 Å². The summed E-state index contributed by atoms with van der Waals surface area (Å²) >= 11 is 0. The number of rotatable bonds is 9. The van der Waals surface area contributed by atoms with Crippen LogP contribution in [0.5, 0.6) is 5.75 Å². The van der Waals surface area contributed by atoms with Crippen LogP contribution in [-0.4, -0.2) is 42.9 Å². The molecule has 3 aromatic rings. The predicted octanol–water partition coefficient (Wildman–Crippen LogP) is 5.53. The number of carbonyl (C=O) groups excluding carboxylic acids is 1. The molecule has 6 rings (SSSR count). The zero-order chi connectivity index (χ0) is 27.1. The Morgan fingerprint density at radius 2 is 1.95 bits per heavy atom. The van der Waals surface area contributed by atoms with E-state index in [0.29, 0.717) is 37.0 Å². The second kappa shape index (κ2) is 10.2. The molecule has 0 amide bonds. The van der Waals surface area contributed by atoms with Gasteiger partial charge in [-0.15, -0.1) is 5.10 Å². The minimum Gasteiger partial charge on any atom is -0.512 e. The lowest BCUT2D eigenvalue weighted by Gasteiger charge is -2.41. The Hall–Kier alpha value is -3.49. The van der Waals surface area contributed by atoms with Crippen molar-refractivity contribution in [3.05, 3.63) is 64.2 Å². The molecule has 0 saturated heterocycles. The van der Waals surface area contributed by atoms with Crippen LogP contribution in [0.25, 0.3) is 5.78 Å². The Bertz CT molecular complexity index is 1440. The third-order valence-corrected chi connectivity index (χ3v) is 8.46. The number of fused-ring (bicyclic) bond motifs is 1. The molecule has 2 aliphatic carbocycles. The summed E-state index contributed by atoms with van der Waals surface area (Å²) in [6, 6.07) is 7.00. The van der Waals surface area contributed by atoms with Crippen LogP contribution in [0.2, 0.25) is 0 Å². The number of aromatic nitrogens is 4. The fourth-order valence-electron chi connectivity index (χ4n) is 6.09. The first-order valence-electron chi connectivity index (χ1n) is 14.0. The van der Waals surface area contributed by atoms with Gasteiger partial charge in [0.2, 0.25) is 0 Å². The normalized spacial score (nSPS) is 22.1. The van der Waals surface area contributed by atoms with Gasteiger partial charge in [-0.1, -0.05) is 18.9 Å². The van der Waals surface area contributed by atoms with Crippen molar-refractivity contribution in [2.24, 2.45) is 11.8 Å². The summed E-state index contributed by atoms with van der Waals surface area (Å²) in [6.45, 7) is 4.37. The molecule has 0 bridgehead atoms. The molecule has 2 fully saturated rings. The summed E-state index contributed by atoms with van der Waals surface area (Å²) in [6.07, 6.45) is 7.68. The van der Waals surface area contributed by atoms with Gasteiger partial charge in [0.25, 0.3) is 5.78 Å². The van der Waals surface area contributed by atoms with E-state index in [2.05, 4.69) is 15.1 Å². The number of hydrogen-bond donors (Lipinski definition) is 1. The molecule has 1 atom stereocenters. The number of halogens is 1. The largest absolute Gasteiger partial charge is 0.512 e. The average Bonchev–Trinajstić information content (AvgIpc) is 3.36. The Balaban J connectivity index is 1.20. The topological polar surface area (TPSA) is 98.8 Å². The van der Waals surface area contributed by atoms with Crippen LogP contribution in [0.15, 0.2) is 35.6 Å². The van der Waals surface area contributed by atoms with E-state index in [9.17, 15) is 14.3 Å². The van der Waals surface area contributed by atoms with Gasteiger partial charge >= 0.3 is 5.97 Å². The van der Waals surface area contributed by atoms with E-state index in [-0.39, 0.29) is 41.7 Å². The molecule has 206 valence electrons. The lowest BCUT2D eigenvalue weighted by molar-refractivity contribution is -0.167. The molecule has 9 heteroatoms. The van der Waals surface area contributed by atoms with Crippen LogP contribution in [0.3, 0.4) is 0 Å². The van der Waals surface area contributed by atoms with Crippen molar-refractivity contribution in [2.75, 3.05) is 6.61 Å². The quantitative estimate of drug-likeness (QED) is 0.360. The highest BCUT2D eigenvalue weighted by Crippen LogP contribution is 2.46. The maximum Gasteiger partial charge on any atom is 0.338 e. The lowest BCUT2D eigenvalue weighted by atomic mass is 9.76. The Labute approximate surface area is 227 Å². The Morgan fingerprint density at radius 1 is 1.15 bits per heavy atom. The van der Waals surface area contributed by atoms with Gasteiger partial charge in [-0.05, 0) is 88.0 Å². The summed E-state index contributed by atoms with van der Waals surface area (Å²) in [5, 5.41) is 15.7. The highest BCUT2D eigenvalue weighted by atomic mass is 19.1. The first kappa shape index (κ1) is 25.8. The van der Waals surface area contributed by atoms with E-state index in [1.54, 1.807) is 10.6 Å². The zero-order valence-corrected chi connectivity index (χ0v) is 22.6. The van der Waals surface area contributed by atoms with Crippen molar-refractivity contribution in [3.63, 3.8) is 0 Å². The highest BCUT2D eigenvalue weighted by Gasteiger charge is 2.48. The molecule has 0 radical (unpaired) electrons. The van der Waals surface area contributed by atoms with Crippen LogP contribution in [0.1, 0.15) is 74.1 Å². The van der Waals surface area contributed by atoms with Crippen molar-refractivity contribution < 1.29 is 23.8 Å². The van der Waals surface area contributed by atoms with Crippen molar-refractivity contribution in [1.82, 2.24) is 19.6 Å². The number of carbonyl (C=O) groups is 1. The SMILES string of the molecule is Cc1cc(C)n2nc(CC3=C(O)CC(CCc4ccc(OCC5CC5)c(F)c4)(C4CCCC4)OC3=O)nc2n1. The van der Waals surface area contributed by atoms with Crippen LogP contribution in [0, 0.1) is 31.5 Å². The molecule has 2 aromatic heterocycles. The molecule has 1 aromatic carbocycles. The van der Waals surface area contributed by atoms with Gasteiger partial charge in [0, 0.05) is 24.2 Å². The summed E-state index contributed by atoms with van der Waals surface area (Å²) in [7, 11) is 0. The van der Waals surface area contributed by atoms with Gasteiger partial charge in [0.05, 0.1) is 12.2 Å². The maximum atomic E-state index is 14.7. The van der Waals surface area contributed by atoms with Gasteiger partial charge in [-0.25, -0.2) is 18.7 Å². The number of nitrogens with zero attached hydrogens (tertiary/aromatic N) is 4. The highest BCUT2D eigenvalue weighted by molar-refractivity contribution is 5.90. The zero-order valence-electron chi connectivity index (χ0n) is 22.6. The van der Waals surface area contributed by atoms with Crippen molar-refractivity contribution in [3.8, 4) is 5.75 Å². The standard InChI is InChI=1S/C30H35FN4O4/c1-18-13-19(2)35-29(32-18)33-27(34-35)15-23-25(36)16-30(39-28(23)37,22-5-3-4-6-22)12-11-20-9-10-26(24(31)14-20)38-17-21-7-8-21/h9-10,13-14,21-22,36H,3-8,11-12,15-17H2,1-2H3. The lowest BCUT2D eigenvalue weighted by Crippen LogP contribution is -2.46. The van der Waals surface area contributed by atoms with E-state index in [1.807, 2.05) is 26.0 Å². The van der Waals surface area contributed by atoms with Crippen molar-refractivity contribution in [2.45, 2.75) is 83.7 Å². The maximum absolute atomic E-state index is 14.7. The fraction of sp³-hybridized carbons (Fsp3) is 0.533. The molecule has 3 aliphatic rings. The minimum absolute atomic E-state index is 0.0351. The Morgan fingerprint density at radius 3 is 2.67 bits per heavy atom. The third-order valence-electron chi connectivity index (χ3n) is 8.46. The van der Waals surface area contributed by atoms with Crippen LogP contribution >= 0.6 is 0 Å². The first-order chi connectivity index (χ1) is 18.8. The summed E-state index contributed by atoms with van der Waals surface area (Å²) in [5.41, 5.74) is 1.91. The number of benzene rings is 1. The van der Waals surface area contributed by atoms with Gasteiger partial charge in [-0.2, -0.15) is 4.98 Å². The number of ether oxygens (including phenoxy) is 2. The van der Waals surface area contributed by atoms with Crippen LogP contribution in [0.4, 0.5) is 4.39 Å². The molecular formula is C30H35FN4O4. The molecule has 1 unspecified atom stereocenters. The van der Waals surface area contributed by atoms with Gasteiger partial charge in [-0.3, -0.25) is 0 Å². The first-order valence-corrected chi connectivity index (χ1v) is 14.0. The van der Waals surface area contributed by atoms with E-state index in [1.165, 1.54) is 6.07 Å². The molecule has 1 aliphatic heterocycles. The van der Waals surface area contributed by atoms with Crippen LogP contribution < -0.4 is 4.74 Å². The smallest absolute Gasteiger partial charge is 0.338 e. The monoisotopic (exact) mass is 534 g/mol. The van der Waals surface area contributed by atoms with Gasteiger partial charge < -0.3 is 14.6 Å². The van der Waals surface area contributed by atoms with Crippen molar-refractivity contribution >= 4 is 11.7 Å². The molecule has 1 N–H and O–H groups in total. The minimum atomic E-state index is -0.819. The third kappa shape index (κ3) is 5.36. The van der Waals surface area contributed by atoms with Crippen molar-refractivity contribution in [1.29, 1.82) is 0 Å². The van der Waals surface area contributed by atoms with Gasteiger partial charge in [0.15, 0.2) is 17.4 Å². The van der Waals surface area contributed by atoms with Crippen LogP contribution in [-0.2, 0) is 22.4 Å². The second-order valence-corrected chi connectivity index (χ2v) is 11.5. The van der Waals surface area contributed by atoms with E-state index in [4.69, 9.17) is 9.47 Å². The molecule has 39 heavy (non-hydrogen) atoms. The molecule has 2 saturated carbocycles. The fourth-order valence-corrected chi connectivity index (χ4v) is 6.09. The Kier molecular flexibility index (Phi) is 6.77. The number of cyclic esters (lactones) is 1. The summed E-state index contributed by atoms with van der Waals surface area (Å²) in [4.78, 5) is 22.2. The number of aliphatic hydroxyl groups is 1. The molecular weight excluding hydrogens is 499 g/mol.